The number of nitrogens with zero attached hydrogens (tertiary/aromatic N) is 1. The molecule has 36 heavy (non-hydrogen) atoms. The van der Waals surface area contributed by atoms with Crippen molar-refractivity contribution in [2.45, 2.75) is 38.3 Å². The molecule has 4 rings (SSSR count). The predicted octanol–water partition coefficient (Wildman–Crippen LogP) is 6.84. The van der Waals surface area contributed by atoms with Gasteiger partial charge in [0, 0.05) is 31.5 Å². The van der Waals surface area contributed by atoms with Gasteiger partial charge in [0.1, 0.15) is 17.2 Å². The Bertz CT molecular complexity index is 1330. The Hall–Kier alpha value is -2.80. The van der Waals surface area contributed by atoms with Gasteiger partial charge in [-0.05, 0) is 60.0 Å². The summed E-state index contributed by atoms with van der Waals surface area (Å²) >= 11 is 18.2. The SMILES string of the molecule is C[C@@]1(Cc2ccc(Cl)c(F)c2)Cc2cc(C(=O)N(CCC(=O)O)Cc3cccc(Cl)c3Cl)ccc2O1. The van der Waals surface area contributed by atoms with E-state index in [4.69, 9.17) is 39.5 Å². The zero-order valence-electron chi connectivity index (χ0n) is 19.4. The molecule has 0 fully saturated rings. The topological polar surface area (TPSA) is 66.8 Å². The second-order valence-corrected chi connectivity index (χ2v) is 10.3. The lowest BCUT2D eigenvalue weighted by molar-refractivity contribution is -0.137. The van der Waals surface area contributed by atoms with E-state index in [0.29, 0.717) is 39.8 Å². The number of fused-ring (bicyclic) bond motifs is 1. The fourth-order valence-corrected chi connectivity index (χ4v) is 4.87. The first-order valence-corrected chi connectivity index (χ1v) is 12.4. The highest BCUT2D eigenvalue weighted by Crippen LogP contribution is 2.38. The van der Waals surface area contributed by atoms with Crippen molar-refractivity contribution in [3.63, 3.8) is 0 Å². The van der Waals surface area contributed by atoms with Gasteiger partial charge >= 0.3 is 5.97 Å². The van der Waals surface area contributed by atoms with Gasteiger partial charge in [-0.2, -0.15) is 0 Å². The summed E-state index contributed by atoms with van der Waals surface area (Å²) in [6.07, 6.45) is 0.758. The summed E-state index contributed by atoms with van der Waals surface area (Å²) < 4.78 is 20.1. The molecule has 1 heterocycles. The third-order valence-electron chi connectivity index (χ3n) is 6.07. The molecule has 0 radical (unpaired) electrons. The highest BCUT2D eigenvalue weighted by Gasteiger charge is 2.36. The number of carbonyl (C=O) groups excluding carboxylic acids is 1. The molecule has 9 heteroatoms. The van der Waals surface area contributed by atoms with Gasteiger partial charge in [-0.1, -0.05) is 53.0 Å². The zero-order valence-corrected chi connectivity index (χ0v) is 21.6. The van der Waals surface area contributed by atoms with Gasteiger partial charge in [0.2, 0.25) is 0 Å². The van der Waals surface area contributed by atoms with Crippen molar-refractivity contribution in [1.82, 2.24) is 4.90 Å². The Morgan fingerprint density at radius 1 is 1.08 bits per heavy atom. The van der Waals surface area contributed by atoms with Crippen LogP contribution >= 0.6 is 34.8 Å². The fraction of sp³-hybridized carbons (Fsp3) is 0.259. The summed E-state index contributed by atoms with van der Waals surface area (Å²) in [5.74, 6) is -1.17. The van der Waals surface area contributed by atoms with Crippen LogP contribution in [0.1, 0.15) is 40.4 Å². The van der Waals surface area contributed by atoms with E-state index in [2.05, 4.69) is 0 Å². The number of amides is 1. The van der Waals surface area contributed by atoms with E-state index in [9.17, 15) is 19.1 Å². The van der Waals surface area contributed by atoms with Crippen LogP contribution in [0.3, 0.4) is 0 Å². The first-order valence-electron chi connectivity index (χ1n) is 11.2. The number of benzene rings is 3. The smallest absolute Gasteiger partial charge is 0.305 e. The van der Waals surface area contributed by atoms with Crippen molar-refractivity contribution in [3.8, 4) is 5.75 Å². The Morgan fingerprint density at radius 2 is 1.86 bits per heavy atom. The van der Waals surface area contributed by atoms with Gasteiger partial charge in [-0.3, -0.25) is 9.59 Å². The molecule has 0 saturated carbocycles. The van der Waals surface area contributed by atoms with Crippen LogP contribution in [0.2, 0.25) is 15.1 Å². The molecule has 0 unspecified atom stereocenters. The van der Waals surface area contributed by atoms with Gasteiger partial charge in [-0.15, -0.1) is 0 Å². The second kappa shape index (κ2) is 10.7. The summed E-state index contributed by atoms with van der Waals surface area (Å²) in [6.45, 7) is 2.05. The highest BCUT2D eigenvalue weighted by atomic mass is 35.5. The van der Waals surface area contributed by atoms with Crippen LogP contribution in [-0.4, -0.2) is 34.0 Å². The van der Waals surface area contributed by atoms with Crippen LogP contribution in [0.4, 0.5) is 4.39 Å². The van der Waals surface area contributed by atoms with Gasteiger partial charge in [0.05, 0.1) is 21.5 Å². The van der Waals surface area contributed by atoms with E-state index in [0.717, 1.165) is 11.1 Å². The van der Waals surface area contributed by atoms with Gasteiger partial charge in [0.15, 0.2) is 0 Å². The van der Waals surface area contributed by atoms with Crippen LogP contribution in [0.5, 0.6) is 5.75 Å². The molecule has 3 aromatic carbocycles. The molecule has 1 atom stereocenters. The summed E-state index contributed by atoms with van der Waals surface area (Å²) in [5.41, 5.74) is 2.00. The number of halogens is 4. The first-order chi connectivity index (χ1) is 17.0. The number of carboxylic acid groups (broad SMARTS) is 1. The molecule has 188 valence electrons. The summed E-state index contributed by atoms with van der Waals surface area (Å²) in [4.78, 5) is 26.1. The molecule has 0 bridgehead atoms. The Morgan fingerprint density at radius 3 is 2.58 bits per heavy atom. The Kier molecular flexibility index (Phi) is 7.79. The number of hydrogen-bond acceptors (Lipinski definition) is 3. The lowest BCUT2D eigenvalue weighted by Gasteiger charge is -2.24. The molecule has 1 amide bonds. The summed E-state index contributed by atoms with van der Waals surface area (Å²) in [6, 6.07) is 15.0. The predicted molar refractivity (Wildman–Crippen MR) is 138 cm³/mol. The van der Waals surface area contributed by atoms with Crippen LogP contribution in [0.25, 0.3) is 0 Å². The van der Waals surface area contributed by atoms with Gasteiger partial charge in [0.25, 0.3) is 5.91 Å². The average Bonchev–Trinajstić information content (AvgIpc) is 3.16. The maximum atomic E-state index is 13.9. The lowest BCUT2D eigenvalue weighted by Crippen LogP contribution is -2.33. The highest BCUT2D eigenvalue weighted by molar-refractivity contribution is 6.42. The number of hydrogen-bond donors (Lipinski definition) is 1. The van der Waals surface area contributed by atoms with E-state index in [1.54, 1.807) is 42.5 Å². The largest absolute Gasteiger partial charge is 0.487 e. The second-order valence-electron chi connectivity index (χ2n) is 9.06. The number of carboxylic acids is 1. The van der Waals surface area contributed by atoms with E-state index >= 15 is 0 Å². The third kappa shape index (κ3) is 5.94. The van der Waals surface area contributed by atoms with E-state index in [1.165, 1.54) is 17.0 Å². The molecular formula is C27H23Cl3FNO4. The molecule has 0 aromatic heterocycles. The maximum Gasteiger partial charge on any atom is 0.305 e. The normalized spacial score (nSPS) is 16.4. The number of carbonyl (C=O) groups is 2. The molecule has 1 N–H and O–H groups in total. The Labute approximate surface area is 223 Å². The van der Waals surface area contributed by atoms with E-state index in [1.807, 2.05) is 6.92 Å². The van der Waals surface area contributed by atoms with Crippen molar-refractivity contribution in [3.05, 3.63) is 97.7 Å². The summed E-state index contributed by atoms with van der Waals surface area (Å²) in [5, 5.41) is 9.93. The molecular weight excluding hydrogens is 528 g/mol. The van der Waals surface area contributed by atoms with E-state index in [-0.39, 0.29) is 30.4 Å². The molecule has 1 aliphatic rings. The van der Waals surface area contributed by atoms with Crippen molar-refractivity contribution in [1.29, 1.82) is 0 Å². The number of rotatable bonds is 8. The van der Waals surface area contributed by atoms with Crippen LogP contribution in [0, 0.1) is 5.82 Å². The van der Waals surface area contributed by atoms with Gasteiger partial charge in [-0.25, -0.2) is 4.39 Å². The molecule has 0 saturated heterocycles. The van der Waals surface area contributed by atoms with Crippen LogP contribution in [-0.2, 0) is 24.2 Å². The fourth-order valence-electron chi connectivity index (χ4n) is 4.38. The first kappa shape index (κ1) is 26.3. The molecule has 0 spiro atoms. The summed E-state index contributed by atoms with van der Waals surface area (Å²) in [7, 11) is 0. The quantitative estimate of drug-likeness (QED) is 0.333. The minimum absolute atomic E-state index is 0.00440. The van der Waals surface area contributed by atoms with E-state index < -0.39 is 17.4 Å². The zero-order chi connectivity index (χ0) is 26.0. The van der Waals surface area contributed by atoms with Crippen molar-refractivity contribution >= 4 is 46.7 Å². The minimum Gasteiger partial charge on any atom is -0.487 e. The standard InChI is InChI=1S/C27H23Cl3FNO4/c1-27(13-16-5-7-20(28)22(31)11-16)14-19-12-17(6-8-23(19)36-27)26(35)32(10-9-24(33)34)15-18-3-2-4-21(29)25(18)30/h2-8,11-12H,9-10,13-15H2,1H3,(H,33,34)/t27-/m1/s1. The molecule has 5 nitrogen and oxygen atoms in total. The lowest BCUT2D eigenvalue weighted by atomic mass is 9.91. The number of ether oxygens (including phenoxy) is 1. The van der Waals surface area contributed by atoms with Crippen molar-refractivity contribution in [2.24, 2.45) is 0 Å². The molecule has 3 aromatic rings. The maximum absolute atomic E-state index is 13.9. The van der Waals surface area contributed by atoms with Gasteiger partial charge < -0.3 is 14.7 Å². The van der Waals surface area contributed by atoms with Crippen LogP contribution in [0.15, 0.2) is 54.6 Å². The average molecular weight is 551 g/mol. The van der Waals surface area contributed by atoms with Crippen molar-refractivity contribution < 1.29 is 23.8 Å². The Balaban J connectivity index is 1.54. The van der Waals surface area contributed by atoms with Crippen LogP contribution < -0.4 is 4.74 Å². The molecule has 0 aliphatic carbocycles. The monoisotopic (exact) mass is 549 g/mol. The number of aliphatic carboxylic acids is 1. The minimum atomic E-state index is -1.01. The van der Waals surface area contributed by atoms with Crippen molar-refractivity contribution in [2.75, 3.05) is 6.54 Å². The third-order valence-corrected chi connectivity index (χ3v) is 7.23. The molecule has 1 aliphatic heterocycles.